The summed E-state index contributed by atoms with van der Waals surface area (Å²) >= 11 is 0. The van der Waals surface area contributed by atoms with E-state index in [0.717, 1.165) is 0 Å². The Kier molecular flexibility index (Phi) is 2.00. The van der Waals surface area contributed by atoms with Crippen LogP contribution in [0.15, 0.2) is 18.3 Å². The molecule has 0 amide bonds. The number of nitrogens with one attached hydrogen (secondary N) is 1. The van der Waals surface area contributed by atoms with Crippen molar-refractivity contribution in [3.8, 4) is 11.5 Å². The number of aromatic hydroxyl groups is 1. The van der Waals surface area contributed by atoms with E-state index in [9.17, 15) is 9.90 Å². The highest BCUT2D eigenvalue weighted by Crippen LogP contribution is 2.36. The van der Waals surface area contributed by atoms with Gasteiger partial charge in [-0.25, -0.2) is 4.79 Å². The van der Waals surface area contributed by atoms with Crippen LogP contribution in [-0.4, -0.2) is 28.3 Å². The molecule has 0 fully saturated rings. The number of hydrogen-bond donors (Lipinski definition) is 3. The van der Waals surface area contributed by atoms with Crippen molar-refractivity contribution < 1.29 is 19.7 Å². The van der Waals surface area contributed by atoms with E-state index in [1.165, 1.54) is 13.3 Å². The van der Waals surface area contributed by atoms with Crippen molar-refractivity contribution in [3.63, 3.8) is 0 Å². The maximum absolute atomic E-state index is 10.9. The van der Waals surface area contributed by atoms with Crippen LogP contribution in [0.1, 0.15) is 10.4 Å². The van der Waals surface area contributed by atoms with Gasteiger partial charge in [-0.05, 0) is 12.1 Å². The Hall–Kier alpha value is -2.17. The van der Waals surface area contributed by atoms with Gasteiger partial charge in [-0.1, -0.05) is 0 Å². The molecule has 0 aliphatic heterocycles. The first-order chi connectivity index (χ1) is 7.15. The van der Waals surface area contributed by atoms with Gasteiger partial charge in [0.25, 0.3) is 0 Å². The minimum Gasteiger partial charge on any atom is -0.504 e. The zero-order valence-electron chi connectivity index (χ0n) is 7.94. The number of carboxylic acid groups (broad SMARTS) is 1. The first kappa shape index (κ1) is 9.39. The van der Waals surface area contributed by atoms with Crippen LogP contribution < -0.4 is 4.74 Å². The van der Waals surface area contributed by atoms with Gasteiger partial charge < -0.3 is 19.9 Å². The third-order valence-corrected chi connectivity index (χ3v) is 2.23. The lowest BCUT2D eigenvalue weighted by atomic mass is 10.1. The zero-order chi connectivity index (χ0) is 11.0. The molecule has 0 radical (unpaired) electrons. The maximum atomic E-state index is 10.9. The number of rotatable bonds is 2. The Morgan fingerprint density at radius 1 is 1.47 bits per heavy atom. The van der Waals surface area contributed by atoms with Crippen molar-refractivity contribution in [2.75, 3.05) is 7.11 Å². The number of aromatic carboxylic acids is 1. The van der Waals surface area contributed by atoms with E-state index < -0.39 is 5.97 Å². The largest absolute Gasteiger partial charge is 0.504 e. The molecule has 2 rings (SSSR count). The van der Waals surface area contributed by atoms with Crippen LogP contribution in [0.25, 0.3) is 10.9 Å². The van der Waals surface area contributed by atoms with Crippen LogP contribution in [-0.2, 0) is 0 Å². The van der Waals surface area contributed by atoms with Crippen molar-refractivity contribution in [1.82, 2.24) is 4.98 Å². The topological polar surface area (TPSA) is 82.6 Å². The molecule has 0 atom stereocenters. The fourth-order valence-corrected chi connectivity index (χ4v) is 1.52. The molecule has 5 heteroatoms. The van der Waals surface area contributed by atoms with E-state index in [4.69, 9.17) is 9.84 Å². The van der Waals surface area contributed by atoms with Gasteiger partial charge in [0.15, 0.2) is 11.5 Å². The molecule has 5 nitrogen and oxygen atoms in total. The van der Waals surface area contributed by atoms with Gasteiger partial charge in [0.1, 0.15) is 0 Å². The number of methoxy groups -OCH3 is 1. The average molecular weight is 207 g/mol. The van der Waals surface area contributed by atoms with Crippen LogP contribution in [0.4, 0.5) is 0 Å². The highest BCUT2D eigenvalue weighted by Gasteiger charge is 2.16. The van der Waals surface area contributed by atoms with Crippen molar-refractivity contribution in [1.29, 1.82) is 0 Å². The van der Waals surface area contributed by atoms with Crippen LogP contribution in [0, 0.1) is 0 Å². The standard InChI is InChI=1S/C10H9NO4/c1-15-7-3-2-6-8(9(7)12)5(4-11-6)10(13)14/h2-4,11-12H,1H3,(H,13,14). The molecule has 0 aliphatic rings. The quantitative estimate of drug-likeness (QED) is 0.698. The maximum Gasteiger partial charge on any atom is 0.338 e. The minimum absolute atomic E-state index is 0.0291. The second-order valence-electron chi connectivity index (χ2n) is 3.05. The number of fused-ring (bicyclic) bond motifs is 1. The van der Waals surface area contributed by atoms with Gasteiger partial charge in [-0.15, -0.1) is 0 Å². The van der Waals surface area contributed by atoms with Crippen molar-refractivity contribution in [2.45, 2.75) is 0 Å². The lowest BCUT2D eigenvalue weighted by molar-refractivity contribution is 0.0699. The average Bonchev–Trinajstić information content (AvgIpc) is 2.63. The smallest absolute Gasteiger partial charge is 0.338 e. The molecule has 0 saturated heterocycles. The van der Waals surface area contributed by atoms with Crippen molar-refractivity contribution in [3.05, 3.63) is 23.9 Å². The molecule has 0 spiro atoms. The summed E-state index contributed by atoms with van der Waals surface area (Å²) < 4.78 is 4.90. The normalized spacial score (nSPS) is 10.5. The van der Waals surface area contributed by atoms with Crippen LogP contribution >= 0.6 is 0 Å². The monoisotopic (exact) mass is 207 g/mol. The lowest BCUT2D eigenvalue weighted by Crippen LogP contribution is -1.94. The summed E-state index contributed by atoms with van der Waals surface area (Å²) in [7, 11) is 1.41. The SMILES string of the molecule is COc1ccc2[nH]cc(C(=O)O)c2c1O. The molecule has 15 heavy (non-hydrogen) atoms. The zero-order valence-corrected chi connectivity index (χ0v) is 7.94. The predicted molar refractivity (Wildman–Crippen MR) is 53.5 cm³/mol. The van der Waals surface area contributed by atoms with Gasteiger partial charge in [-0.3, -0.25) is 0 Å². The van der Waals surface area contributed by atoms with E-state index in [0.29, 0.717) is 5.52 Å². The number of phenolic OH excluding ortho intramolecular Hbond substituents is 1. The molecule has 1 aromatic carbocycles. The fraction of sp³-hybridized carbons (Fsp3) is 0.100. The van der Waals surface area contributed by atoms with Gasteiger partial charge >= 0.3 is 5.97 Å². The molecular weight excluding hydrogens is 198 g/mol. The second-order valence-corrected chi connectivity index (χ2v) is 3.05. The minimum atomic E-state index is -1.09. The van der Waals surface area contributed by atoms with Gasteiger partial charge in [-0.2, -0.15) is 0 Å². The number of benzene rings is 1. The molecule has 3 N–H and O–H groups in total. The third kappa shape index (κ3) is 1.28. The molecule has 0 saturated carbocycles. The van der Waals surface area contributed by atoms with Gasteiger partial charge in [0, 0.05) is 6.20 Å². The molecule has 1 aromatic heterocycles. The van der Waals surface area contributed by atoms with Crippen LogP contribution in [0.5, 0.6) is 11.5 Å². The summed E-state index contributed by atoms with van der Waals surface area (Å²) in [4.78, 5) is 13.6. The highest BCUT2D eigenvalue weighted by atomic mass is 16.5. The predicted octanol–water partition coefficient (Wildman–Crippen LogP) is 1.58. The van der Waals surface area contributed by atoms with Gasteiger partial charge in [0.05, 0.1) is 23.6 Å². The lowest BCUT2D eigenvalue weighted by Gasteiger charge is -2.04. The number of phenols is 1. The first-order valence-electron chi connectivity index (χ1n) is 4.25. The number of ether oxygens (including phenoxy) is 1. The number of H-pyrrole nitrogens is 1. The highest BCUT2D eigenvalue weighted by molar-refractivity contribution is 6.06. The Bertz CT molecular complexity index is 529. The Labute approximate surface area is 84.9 Å². The number of hydrogen-bond acceptors (Lipinski definition) is 3. The van der Waals surface area contributed by atoms with Crippen LogP contribution in [0.3, 0.4) is 0 Å². The van der Waals surface area contributed by atoms with E-state index in [-0.39, 0.29) is 22.4 Å². The molecule has 1 heterocycles. The Balaban J connectivity index is 2.82. The van der Waals surface area contributed by atoms with Gasteiger partial charge in [0.2, 0.25) is 0 Å². The molecular formula is C10H9NO4. The summed E-state index contributed by atoms with van der Waals surface area (Å²) in [6, 6.07) is 3.22. The van der Waals surface area contributed by atoms with E-state index >= 15 is 0 Å². The van der Waals surface area contributed by atoms with E-state index in [2.05, 4.69) is 4.98 Å². The summed E-state index contributed by atoms with van der Waals surface area (Å²) in [6.07, 6.45) is 1.34. The summed E-state index contributed by atoms with van der Waals surface area (Å²) in [5.74, 6) is -0.997. The molecule has 0 bridgehead atoms. The van der Waals surface area contributed by atoms with E-state index in [1.807, 2.05) is 0 Å². The molecule has 2 aromatic rings. The van der Waals surface area contributed by atoms with Crippen LogP contribution in [0.2, 0.25) is 0 Å². The summed E-state index contributed by atoms with van der Waals surface area (Å²) in [6.45, 7) is 0. The first-order valence-corrected chi connectivity index (χ1v) is 4.25. The fourth-order valence-electron chi connectivity index (χ4n) is 1.52. The second kappa shape index (κ2) is 3.20. The van der Waals surface area contributed by atoms with Crippen molar-refractivity contribution >= 4 is 16.9 Å². The summed E-state index contributed by atoms with van der Waals surface area (Å²) in [5, 5.41) is 18.9. The third-order valence-electron chi connectivity index (χ3n) is 2.23. The Morgan fingerprint density at radius 2 is 2.20 bits per heavy atom. The number of aromatic amines is 1. The van der Waals surface area contributed by atoms with Crippen molar-refractivity contribution in [2.24, 2.45) is 0 Å². The summed E-state index contributed by atoms with van der Waals surface area (Å²) in [5.41, 5.74) is 0.590. The molecule has 0 unspecified atom stereocenters. The van der Waals surface area contributed by atoms with E-state index in [1.54, 1.807) is 12.1 Å². The number of carbonyl (C=O) groups is 1. The number of aromatic nitrogens is 1. The Morgan fingerprint density at radius 3 is 2.80 bits per heavy atom. The molecule has 78 valence electrons. The molecule has 0 aliphatic carbocycles. The number of carboxylic acids is 1.